The van der Waals surface area contributed by atoms with Gasteiger partial charge in [0.05, 0.1) is 11.4 Å². The summed E-state index contributed by atoms with van der Waals surface area (Å²) >= 11 is 0. The minimum atomic E-state index is -3.42. The van der Waals surface area contributed by atoms with Crippen molar-refractivity contribution in [2.75, 3.05) is 32.5 Å². The van der Waals surface area contributed by atoms with E-state index in [0.717, 1.165) is 4.31 Å². The molecule has 0 bridgehead atoms. The zero-order valence-electron chi connectivity index (χ0n) is 12.9. The summed E-state index contributed by atoms with van der Waals surface area (Å²) in [5.41, 5.74) is 0.701. The van der Waals surface area contributed by atoms with Gasteiger partial charge in [-0.05, 0) is 30.2 Å². The normalized spacial score (nSPS) is 11.7. The smallest absolute Gasteiger partial charge is 0.242 e. The third-order valence-electron chi connectivity index (χ3n) is 2.79. The van der Waals surface area contributed by atoms with Gasteiger partial charge in [-0.3, -0.25) is 4.79 Å². The Labute approximate surface area is 126 Å². The molecule has 6 nitrogen and oxygen atoms in total. The van der Waals surface area contributed by atoms with Crippen molar-refractivity contribution in [1.29, 1.82) is 0 Å². The van der Waals surface area contributed by atoms with Gasteiger partial charge in [-0.2, -0.15) is 0 Å². The van der Waals surface area contributed by atoms with E-state index in [9.17, 15) is 13.2 Å². The maximum atomic E-state index is 11.9. The molecule has 0 aliphatic carbocycles. The third-order valence-corrected chi connectivity index (χ3v) is 4.62. The molecule has 0 aliphatic rings. The summed E-state index contributed by atoms with van der Waals surface area (Å²) in [6.07, 6.45) is 0. The van der Waals surface area contributed by atoms with E-state index in [-0.39, 0.29) is 17.3 Å². The average molecular weight is 313 g/mol. The quantitative estimate of drug-likeness (QED) is 0.791. The second kappa shape index (κ2) is 7.42. The van der Waals surface area contributed by atoms with Crippen LogP contribution in [0.5, 0.6) is 0 Å². The van der Waals surface area contributed by atoms with Gasteiger partial charge in [0.2, 0.25) is 15.9 Å². The lowest BCUT2D eigenvalue weighted by atomic mass is 10.2. The molecule has 1 aromatic rings. The number of carbonyl (C=O) groups excluding carboxylic acids is 1. The van der Waals surface area contributed by atoms with Crippen LogP contribution in [0.4, 0.5) is 5.69 Å². The second-order valence-electron chi connectivity index (χ2n) is 5.36. The van der Waals surface area contributed by atoms with Crippen LogP contribution in [0.3, 0.4) is 0 Å². The molecule has 7 heteroatoms. The minimum absolute atomic E-state index is 0.0892. The van der Waals surface area contributed by atoms with Gasteiger partial charge in [0.1, 0.15) is 0 Å². The fourth-order valence-electron chi connectivity index (χ4n) is 1.52. The zero-order chi connectivity index (χ0) is 16.0. The summed E-state index contributed by atoms with van der Waals surface area (Å²) in [7, 11) is -0.443. The highest BCUT2D eigenvalue weighted by atomic mass is 32.2. The molecular formula is C14H23N3O3S. The summed E-state index contributed by atoms with van der Waals surface area (Å²) in [6.45, 7) is 4.85. The molecule has 21 heavy (non-hydrogen) atoms. The molecule has 118 valence electrons. The Morgan fingerprint density at radius 1 is 1.19 bits per heavy atom. The predicted octanol–water partition coefficient (Wildman–Crippen LogP) is 1.12. The predicted molar refractivity (Wildman–Crippen MR) is 83.7 cm³/mol. The van der Waals surface area contributed by atoms with Crippen molar-refractivity contribution >= 4 is 21.6 Å². The van der Waals surface area contributed by atoms with Crippen molar-refractivity contribution in [2.24, 2.45) is 5.92 Å². The number of hydrogen-bond donors (Lipinski definition) is 2. The van der Waals surface area contributed by atoms with Gasteiger partial charge in [-0.1, -0.05) is 13.8 Å². The Morgan fingerprint density at radius 2 is 1.76 bits per heavy atom. The lowest BCUT2D eigenvalue weighted by molar-refractivity contribution is -0.119. The zero-order valence-corrected chi connectivity index (χ0v) is 13.7. The van der Waals surface area contributed by atoms with E-state index in [1.807, 2.05) is 13.8 Å². The van der Waals surface area contributed by atoms with Crippen LogP contribution in [-0.4, -0.2) is 45.8 Å². The molecule has 1 amide bonds. The third kappa shape index (κ3) is 5.35. The molecule has 1 aromatic carbocycles. The van der Waals surface area contributed by atoms with Crippen LogP contribution in [0.25, 0.3) is 0 Å². The minimum Gasteiger partial charge on any atom is -0.376 e. The summed E-state index contributed by atoms with van der Waals surface area (Å²) < 4.78 is 25.0. The van der Waals surface area contributed by atoms with Crippen molar-refractivity contribution in [3.63, 3.8) is 0 Å². The van der Waals surface area contributed by atoms with Crippen LogP contribution in [0.2, 0.25) is 0 Å². The highest BCUT2D eigenvalue weighted by Crippen LogP contribution is 2.16. The first-order valence-electron chi connectivity index (χ1n) is 6.76. The van der Waals surface area contributed by atoms with Crippen LogP contribution in [0, 0.1) is 5.92 Å². The van der Waals surface area contributed by atoms with E-state index in [1.54, 1.807) is 12.1 Å². The first kappa shape index (κ1) is 17.5. The topological polar surface area (TPSA) is 78.5 Å². The Balaban J connectivity index is 2.58. The van der Waals surface area contributed by atoms with Crippen LogP contribution in [0.15, 0.2) is 29.2 Å². The lowest BCUT2D eigenvalue weighted by Crippen LogP contribution is -2.32. The Bertz CT molecular complexity index is 566. The molecular weight excluding hydrogens is 290 g/mol. The SMILES string of the molecule is CC(C)CNC(=O)CNc1ccc(S(=O)(=O)N(C)C)cc1. The molecule has 1 rings (SSSR count). The molecule has 0 aliphatic heterocycles. The molecule has 0 unspecified atom stereocenters. The van der Waals surface area contributed by atoms with E-state index in [4.69, 9.17) is 0 Å². The van der Waals surface area contributed by atoms with E-state index >= 15 is 0 Å². The number of rotatable bonds is 7. The number of nitrogens with zero attached hydrogens (tertiary/aromatic N) is 1. The summed E-state index contributed by atoms with van der Waals surface area (Å²) in [4.78, 5) is 11.8. The molecule has 0 heterocycles. The van der Waals surface area contributed by atoms with Crippen LogP contribution < -0.4 is 10.6 Å². The molecule has 0 spiro atoms. The van der Waals surface area contributed by atoms with Crippen LogP contribution in [-0.2, 0) is 14.8 Å². The molecule has 0 aromatic heterocycles. The highest BCUT2D eigenvalue weighted by Gasteiger charge is 2.16. The number of carbonyl (C=O) groups is 1. The highest BCUT2D eigenvalue weighted by molar-refractivity contribution is 7.89. The average Bonchev–Trinajstić information content (AvgIpc) is 2.43. The first-order chi connectivity index (χ1) is 9.73. The number of nitrogens with one attached hydrogen (secondary N) is 2. The van der Waals surface area contributed by atoms with Gasteiger partial charge >= 0.3 is 0 Å². The van der Waals surface area contributed by atoms with Gasteiger partial charge in [-0.15, -0.1) is 0 Å². The Hall–Kier alpha value is -1.60. The fraction of sp³-hybridized carbons (Fsp3) is 0.500. The van der Waals surface area contributed by atoms with Gasteiger partial charge < -0.3 is 10.6 Å². The van der Waals surface area contributed by atoms with Crippen molar-refractivity contribution in [3.8, 4) is 0 Å². The maximum Gasteiger partial charge on any atom is 0.242 e. The monoisotopic (exact) mass is 313 g/mol. The number of anilines is 1. The molecule has 2 N–H and O–H groups in total. The number of benzene rings is 1. The lowest BCUT2D eigenvalue weighted by Gasteiger charge is -2.12. The second-order valence-corrected chi connectivity index (χ2v) is 7.52. The van der Waals surface area contributed by atoms with Crippen LogP contribution in [0.1, 0.15) is 13.8 Å². The summed E-state index contributed by atoms with van der Waals surface area (Å²) in [6, 6.07) is 6.32. The Kier molecular flexibility index (Phi) is 6.17. The molecule has 0 fully saturated rings. The van der Waals surface area contributed by atoms with Crippen molar-refractivity contribution in [2.45, 2.75) is 18.7 Å². The van der Waals surface area contributed by atoms with Crippen molar-refractivity contribution in [3.05, 3.63) is 24.3 Å². The summed E-state index contributed by atoms with van der Waals surface area (Å²) in [5, 5.41) is 5.75. The van der Waals surface area contributed by atoms with Gasteiger partial charge in [0.25, 0.3) is 0 Å². The first-order valence-corrected chi connectivity index (χ1v) is 8.20. The van der Waals surface area contributed by atoms with Gasteiger partial charge in [-0.25, -0.2) is 12.7 Å². The van der Waals surface area contributed by atoms with Crippen molar-refractivity contribution in [1.82, 2.24) is 9.62 Å². The summed E-state index contributed by atoms with van der Waals surface area (Å²) in [5.74, 6) is 0.318. The van der Waals surface area contributed by atoms with E-state index in [2.05, 4.69) is 10.6 Å². The number of amides is 1. The van der Waals surface area contributed by atoms with E-state index < -0.39 is 10.0 Å². The van der Waals surface area contributed by atoms with E-state index in [0.29, 0.717) is 18.2 Å². The van der Waals surface area contributed by atoms with E-state index in [1.165, 1.54) is 26.2 Å². The fourth-order valence-corrected chi connectivity index (χ4v) is 2.42. The van der Waals surface area contributed by atoms with Crippen LogP contribution >= 0.6 is 0 Å². The van der Waals surface area contributed by atoms with Gasteiger partial charge in [0.15, 0.2) is 0 Å². The largest absolute Gasteiger partial charge is 0.376 e. The molecule has 0 saturated heterocycles. The van der Waals surface area contributed by atoms with Crippen molar-refractivity contribution < 1.29 is 13.2 Å². The van der Waals surface area contributed by atoms with Gasteiger partial charge in [0, 0.05) is 26.3 Å². The molecule has 0 atom stereocenters. The number of hydrogen-bond acceptors (Lipinski definition) is 4. The molecule has 0 saturated carbocycles. The number of sulfonamides is 1. The molecule has 0 radical (unpaired) electrons. The maximum absolute atomic E-state index is 11.9. The standard InChI is InChI=1S/C14H23N3O3S/c1-11(2)9-16-14(18)10-15-12-5-7-13(8-6-12)21(19,20)17(3)4/h5-8,11,15H,9-10H2,1-4H3,(H,16,18). The Morgan fingerprint density at radius 3 is 2.24 bits per heavy atom.